The third kappa shape index (κ3) is 4.39. The summed E-state index contributed by atoms with van der Waals surface area (Å²) in [6, 6.07) is 15.7. The summed E-state index contributed by atoms with van der Waals surface area (Å²) in [5, 5.41) is 0.564. The molecule has 2 heterocycles. The molecule has 0 radical (unpaired) electrons. The first kappa shape index (κ1) is 20.5. The van der Waals surface area contributed by atoms with Crippen molar-refractivity contribution in [3.8, 4) is 5.75 Å². The van der Waals surface area contributed by atoms with Gasteiger partial charge in [0.05, 0.1) is 36.5 Å². The lowest BCUT2D eigenvalue weighted by molar-refractivity contribution is 0.0600. The van der Waals surface area contributed by atoms with E-state index in [9.17, 15) is 9.59 Å². The van der Waals surface area contributed by atoms with E-state index in [1.165, 1.54) is 18.4 Å². The Bertz CT molecular complexity index is 1220. The zero-order chi connectivity index (χ0) is 21.8. The van der Waals surface area contributed by atoms with E-state index < -0.39 is 5.97 Å². The Morgan fingerprint density at radius 3 is 2.48 bits per heavy atom. The van der Waals surface area contributed by atoms with Gasteiger partial charge in [0.1, 0.15) is 5.75 Å². The van der Waals surface area contributed by atoms with E-state index in [0.717, 1.165) is 15.8 Å². The highest BCUT2D eigenvalue weighted by Gasteiger charge is 2.22. The number of fused-ring (bicyclic) bond motifs is 1. The van der Waals surface area contributed by atoms with Crippen molar-refractivity contribution in [1.82, 2.24) is 9.97 Å². The number of carbonyl (C=O) groups is 2. The molecule has 4 rings (SSSR count). The smallest absolute Gasteiger partial charge is 0.337 e. The van der Waals surface area contributed by atoms with Crippen molar-refractivity contribution < 1.29 is 19.1 Å². The van der Waals surface area contributed by atoms with Gasteiger partial charge in [-0.1, -0.05) is 17.4 Å². The van der Waals surface area contributed by atoms with Crippen LogP contribution in [0.1, 0.15) is 26.3 Å². The number of methoxy groups -OCH3 is 2. The molecule has 0 aliphatic rings. The average Bonchev–Trinajstić information content (AvgIpc) is 3.25. The Morgan fingerprint density at radius 2 is 1.81 bits per heavy atom. The number of hydrogen-bond acceptors (Lipinski definition) is 7. The number of nitrogens with zero attached hydrogens (tertiary/aromatic N) is 3. The van der Waals surface area contributed by atoms with E-state index in [4.69, 9.17) is 9.47 Å². The maximum absolute atomic E-state index is 13.4. The molecule has 31 heavy (non-hydrogen) atoms. The summed E-state index contributed by atoms with van der Waals surface area (Å²) in [7, 11) is 2.92. The predicted molar refractivity (Wildman–Crippen MR) is 119 cm³/mol. The first-order valence-corrected chi connectivity index (χ1v) is 10.2. The van der Waals surface area contributed by atoms with Gasteiger partial charge in [0, 0.05) is 24.0 Å². The average molecular weight is 433 g/mol. The zero-order valence-corrected chi connectivity index (χ0v) is 17.8. The van der Waals surface area contributed by atoms with Crippen LogP contribution in [-0.4, -0.2) is 36.1 Å². The number of anilines is 1. The highest BCUT2D eigenvalue weighted by Crippen LogP contribution is 2.32. The molecule has 156 valence electrons. The van der Waals surface area contributed by atoms with Crippen molar-refractivity contribution in [2.75, 3.05) is 19.1 Å². The molecule has 0 bridgehead atoms. The largest absolute Gasteiger partial charge is 0.497 e. The molecule has 0 unspecified atom stereocenters. The number of esters is 1. The molecule has 0 saturated carbocycles. The maximum atomic E-state index is 13.4. The minimum absolute atomic E-state index is 0.230. The summed E-state index contributed by atoms with van der Waals surface area (Å²) >= 11 is 1.42. The van der Waals surface area contributed by atoms with Gasteiger partial charge in [0.25, 0.3) is 5.91 Å². The van der Waals surface area contributed by atoms with Crippen LogP contribution in [0.3, 0.4) is 0 Å². The van der Waals surface area contributed by atoms with Crippen LogP contribution in [-0.2, 0) is 11.3 Å². The van der Waals surface area contributed by atoms with Gasteiger partial charge in [-0.3, -0.25) is 14.7 Å². The van der Waals surface area contributed by atoms with Gasteiger partial charge < -0.3 is 9.47 Å². The number of ether oxygens (including phenoxy) is 2. The van der Waals surface area contributed by atoms with Crippen LogP contribution in [0.2, 0.25) is 0 Å². The number of carbonyl (C=O) groups excluding carboxylic acids is 2. The topological polar surface area (TPSA) is 81.6 Å². The first-order chi connectivity index (χ1) is 15.1. The van der Waals surface area contributed by atoms with Crippen molar-refractivity contribution >= 4 is 38.6 Å². The normalized spacial score (nSPS) is 10.6. The Morgan fingerprint density at radius 1 is 1.03 bits per heavy atom. The molecule has 2 aromatic carbocycles. The van der Waals surface area contributed by atoms with E-state index in [-0.39, 0.29) is 5.91 Å². The molecule has 8 heteroatoms. The summed E-state index contributed by atoms with van der Waals surface area (Å²) < 4.78 is 11.0. The second-order valence-corrected chi connectivity index (χ2v) is 7.66. The summed E-state index contributed by atoms with van der Waals surface area (Å²) in [6.45, 7) is 0.308. The van der Waals surface area contributed by atoms with Crippen molar-refractivity contribution in [3.05, 3.63) is 83.7 Å². The maximum Gasteiger partial charge on any atom is 0.337 e. The van der Waals surface area contributed by atoms with Crippen molar-refractivity contribution in [3.63, 3.8) is 0 Å². The van der Waals surface area contributed by atoms with E-state index in [1.807, 2.05) is 30.3 Å². The Hall–Kier alpha value is -3.78. The molecule has 0 N–H and O–H groups in total. The molecular weight excluding hydrogens is 414 g/mol. The molecule has 0 saturated heterocycles. The van der Waals surface area contributed by atoms with Gasteiger partial charge in [-0.2, -0.15) is 0 Å². The summed E-state index contributed by atoms with van der Waals surface area (Å²) in [5.74, 6) is 0.0190. The molecule has 0 aliphatic heterocycles. The Labute approximate surface area is 182 Å². The Kier molecular flexibility index (Phi) is 5.90. The summed E-state index contributed by atoms with van der Waals surface area (Å²) in [5.41, 5.74) is 2.45. The number of thiazole rings is 1. The van der Waals surface area contributed by atoms with Gasteiger partial charge in [-0.15, -0.1) is 0 Å². The predicted octanol–water partition coefficient (Wildman–Crippen LogP) is 4.33. The van der Waals surface area contributed by atoms with E-state index in [1.54, 1.807) is 48.7 Å². The number of hydrogen-bond donors (Lipinski definition) is 0. The standard InChI is InChI=1S/C23H19N3O4S/c1-29-18-9-10-20-19(12-18)25-23(31-20)26(14-15-4-3-11-24-13-15)21(27)16-5-7-17(8-6-16)22(28)30-2/h3-13H,14H2,1-2H3. The number of benzene rings is 2. The van der Waals surface area contributed by atoms with Crippen LogP contribution in [0.5, 0.6) is 5.75 Å². The Balaban J connectivity index is 1.72. The van der Waals surface area contributed by atoms with Crippen LogP contribution >= 0.6 is 11.3 Å². The second kappa shape index (κ2) is 8.93. The first-order valence-electron chi connectivity index (χ1n) is 9.43. The molecule has 0 aliphatic carbocycles. The van der Waals surface area contributed by atoms with Gasteiger partial charge in [-0.05, 0) is 48.0 Å². The summed E-state index contributed by atoms with van der Waals surface area (Å²) in [4.78, 5) is 35.6. The fraction of sp³-hybridized carbons (Fsp3) is 0.130. The molecule has 0 spiro atoms. The van der Waals surface area contributed by atoms with Crippen LogP contribution in [0.4, 0.5) is 5.13 Å². The molecule has 0 atom stereocenters. The van der Waals surface area contributed by atoms with Crippen LogP contribution in [0.25, 0.3) is 10.2 Å². The molecule has 7 nitrogen and oxygen atoms in total. The SMILES string of the molecule is COC(=O)c1ccc(C(=O)N(Cc2cccnc2)c2nc3cc(OC)ccc3s2)cc1. The van der Waals surface area contributed by atoms with Crippen LogP contribution in [0.15, 0.2) is 67.0 Å². The number of amides is 1. The van der Waals surface area contributed by atoms with E-state index in [2.05, 4.69) is 9.97 Å². The van der Waals surface area contributed by atoms with Gasteiger partial charge in [-0.25, -0.2) is 9.78 Å². The fourth-order valence-corrected chi connectivity index (χ4v) is 4.00. The number of pyridine rings is 1. The number of aromatic nitrogens is 2. The highest BCUT2D eigenvalue weighted by molar-refractivity contribution is 7.22. The lowest BCUT2D eigenvalue weighted by Gasteiger charge is -2.20. The van der Waals surface area contributed by atoms with Gasteiger partial charge in [0.2, 0.25) is 0 Å². The minimum Gasteiger partial charge on any atom is -0.497 e. The van der Waals surface area contributed by atoms with Gasteiger partial charge in [0.15, 0.2) is 5.13 Å². The van der Waals surface area contributed by atoms with Crippen LogP contribution in [0, 0.1) is 0 Å². The van der Waals surface area contributed by atoms with Crippen molar-refractivity contribution in [2.45, 2.75) is 6.54 Å². The zero-order valence-electron chi connectivity index (χ0n) is 16.9. The van der Waals surface area contributed by atoms with E-state index in [0.29, 0.717) is 28.6 Å². The fourth-order valence-electron chi connectivity index (χ4n) is 3.06. The third-order valence-electron chi connectivity index (χ3n) is 4.68. The highest BCUT2D eigenvalue weighted by atomic mass is 32.1. The quantitative estimate of drug-likeness (QED) is 0.421. The van der Waals surface area contributed by atoms with Gasteiger partial charge >= 0.3 is 5.97 Å². The molecule has 1 amide bonds. The molecule has 4 aromatic rings. The monoisotopic (exact) mass is 433 g/mol. The molecule has 2 aromatic heterocycles. The van der Waals surface area contributed by atoms with E-state index >= 15 is 0 Å². The third-order valence-corrected chi connectivity index (χ3v) is 5.74. The molecule has 0 fully saturated rings. The van der Waals surface area contributed by atoms with Crippen molar-refractivity contribution in [1.29, 1.82) is 0 Å². The lowest BCUT2D eigenvalue weighted by Crippen LogP contribution is -2.30. The minimum atomic E-state index is -0.452. The lowest BCUT2D eigenvalue weighted by atomic mass is 10.1. The van der Waals surface area contributed by atoms with Crippen molar-refractivity contribution in [2.24, 2.45) is 0 Å². The second-order valence-electron chi connectivity index (χ2n) is 6.65. The van der Waals surface area contributed by atoms with Crippen LogP contribution < -0.4 is 9.64 Å². The summed E-state index contributed by atoms with van der Waals surface area (Å²) in [6.07, 6.45) is 3.40. The number of rotatable bonds is 6. The molecular formula is C23H19N3O4S.